The highest BCUT2D eigenvalue weighted by atomic mass is 31.2. The van der Waals surface area contributed by atoms with Crippen molar-refractivity contribution in [1.82, 2.24) is 0 Å². The molecule has 122 valence electrons. The van der Waals surface area contributed by atoms with Crippen molar-refractivity contribution in [3.63, 3.8) is 0 Å². The van der Waals surface area contributed by atoms with Crippen molar-refractivity contribution in [3.8, 4) is 0 Å². The molecule has 0 N–H and O–H groups in total. The van der Waals surface area contributed by atoms with Crippen LogP contribution in [-0.4, -0.2) is 19.3 Å². The Hall–Kier alpha value is -1.25. The Labute approximate surface area is 139 Å². The Kier molecular flexibility index (Phi) is 6.18. The van der Waals surface area contributed by atoms with Crippen molar-refractivity contribution in [3.05, 3.63) is 71.3 Å². The highest BCUT2D eigenvalue weighted by molar-refractivity contribution is 7.41. The normalized spacial score (nSPS) is 15.5. The average Bonchev–Trinajstić information content (AvgIpc) is 2.98. The van der Waals surface area contributed by atoms with Gasteiger partial charge in [0, 0.05) is 0 Å². The minimum atomic E-state index is -1.27. The van der Waals surface area contributed by atoms with Crippen molar-refractivity contribution < 1.29 is 13.6 Å². The molecule has 0 radical (unpaired) electrons. The van der Waals surface area contributed by atoms with E-state index >= 15 is 0 Å². The predicted octanol–water partition coefficient (Wildman–Crippen LogP) is 4.69. The van der Waals surface area contributed by atoms with Crippen molar-refractivity contribution in [2.75, 3.05) is 13.2 Å². The molecule has 0 amide bonds. The molecule has 0 spiro atoms. The maximum atomic E-state index is 6.09. The van der Waals surface area contributed by atoms with Crippen LogP contribution < -0.4 is 0 Å². The fraction of sp³-hybridized carbons (Fsp3) is 0.368. The van der Waals surface area contributed by atoms with E-state index in [1.807, 2.05) is 25.1 Å². The summed E-state index contributed by atoms with van der Waals surface area (Å²) < 4.78 is 17.6. The summed E-state index contributed by atoms with van der Waals surface area (Å²) in [5.41, 5.74) is 4.04. The van der Waals surface area contributed by atoms with Crippen LogP contribution in [-0.2, 0) is 32.8 Å². The molecular formula is C19H23O3P. The van der Waals surface area contributed by atoms with Crippen LogP contribution in [0, 0.1) is 0 Å². The van der Waals surface area contributed by atoms with E-state index in [1.165, 1.54) is 16.7 Å². The van der Waals surface area contributed by atoms with E-state index in [0.29, 0.717) is 13.2 Å². The third-order valence-electron chi connectivity index (χ3n) is 3.91. The summed E-state index contributed by atoms with van der Waals surface area (Å²) in [4.78, 5) is 0. The molecule has 1 aliphatic carbocycles. The maximum absolute atomic E-state index is 6.09. The minimum Gasteiger partial charge on any atom is -0.313 e. The molecule has 0 saturated carbocycles. The molecule has 4 heteroatoms. The molecule has 3 rings (SSSR count). The standard InChI is InChI=1S/C19H23O3P/c1-2-20-23(21-13-12-16-8-4-3-5-9-16)22-19-14-17-10-6-7-11-18(17)15-19/h3-11,19H,2,12-15H2,1H3. The fourth-order valence-electron chi connectivity index (χ4n) is 2.80. The number of hydrogen-bond donors (Lipinski definition) is 0. The van der Waals surface area contributed by atoms with Crippen LogP contribution in [0.1, 0.15) is 23.6 Å². The quantitative estimate of drug-likeness (QED) is 0.657. The molecule has 1 aliphatic rings. The third-order valence-corrected chi connectivity index (χ3v) is 5.25. The first kappa shape index (κ1) is 16.6. The lowest BCUT2D eigenvalue weighted by Gasteiger charge is -2.19. The van der Waals surface area contributed by atoms with Crippen LogP contribution in [0.25, 0.3) is 0 Å². The van der Waals surface area contributed by atoms with Gasteiger partial charge in [-0.1, -0.05) is 54.6 Å². The Morgan fingerprint density at radius 3 is 2.22 bits per heavy atom. The van der Waals surface area contributed by atoms with Crippen LogP contribution in [0.4, 0.5) is 0 Å². The van der Waals surface area contributed by atoms with Crippen LogP contribution in [0.2, 0.25) is 0 Å². The largest absolute Gasteiger partial charge is 0.332 e. The van der Waals surface area contributed by atoms with Crippen LogP contribution in [0.5, 0.6) is 0 Å². The van der Waals surface area contributed by atoms with Gasteiger partial charge >= 0.3 is 8.60 Å². The molecule has 0 aliphatic heterocycles. The zero-order valence-electron chi connectivity index (χ0n) is 13.5. The lowest BCUT2D eigenvalue weighted by molar-refractivity contribution is 0.126. The van der Waals surface area contributed by atoms with Gasteiger partial charge in [0.1, 0.15) is 0 Å². The second kappa shape index (κ2) is 8.56. The van der Waals surface area contributed by atoms with Crippen LogP contribution in [0.15, 0.2) is 54.6 Å². The second-order valence-electron chi connectivity index (χ2n) is 5.61. The highest BCUT2D eigenvalue weighted by Crippen LogP contribution is 2.43. The van der Waals surface area contributed by atoms with Gasteiger partial charge in [0.25, 0.3) is 0 Å². The molecular weight excluding hydrogens is 307 g/mol. The molecule has 3 nitrogen and oxygen atoms in total. The Morgan fingerprint density at radius 1 is 0.913 bits per heavy atom. The van der Waals surface area contributed by atoms with E-state index in [4.69, 9.17) is 13.6 Å². The first-order chi connectivity index (χ1) is 11.3. The molecule has 2 aromatic carbocycles. The third kappa shape index (κ3) is 4.86. The molecule has 0 heterocycles. The van der Waals surface area contributed by atoms with Crippen LogP contribution in [0.3, 0.4) is 0 Å². The van der Waals surface area contributed by atoms with Crippen molar-refractivity contribution in [1.29, 1.82) is 0 Å². The predicted molar refractivity (Wildman–Crippen MR) is 93.4 cm³/mol. The Bertz CT molecular complexity index is 578. The monoisotopic (exact) mass is 330 g/mol. The number of fused-ring (bicyclic) bond motifs is 1. The fourth-order valence-corrected chi connectivity index (χ4v) is 3.84. The van der Waals surface area contributed by atoms with Gasteiger partial charge in [0.05, 0.1) is 19.3 Å². The lowest BCUT2D eigenvalue weighted by Crippen LogP contribution is -2.12. The number of rotatable bonds is 8. The van der Waals surface area contributed by atoms with Gasteiger partial charge in [-0.05, 0) is 42.9 Å². The van der Waals surface area contributed by atoms with E-state index in [2.05, 4.69) is 36.4 Å². The van der Waals surface area contributed by atoms with Gasteiger partial charge in [-0.2, -0.15) is 0 Å². The van der Waals surface area contributed by atoms with Gasteiger partial charge in [0.15, 0.2) is 0 Å². The SMILES string of the molecule is CCOP(OCCc1ccccc1)OC1Cc2ccccc2C1. The topological polar surface area (TPSA) is 27.7 Å². The zero-order chi connectivity index (χ0) is 15.9. The summed E-state index contributed by atoms with van der Waals surface area (Å²) >= 11 is 0. The van der Waals surface area contributed by atoms with Gasteiger partial charge < -0.3 is 13.6 Å². The van der Waals surface area contributed by atoms with E-state index < -0.39 is 8.60 Å². The summed E-state index contributed by atoms with van der Waals surface area (Å²) in [5.74, 6) is 0. The van der Waals surface area contributed by atoms with Gasteiger partial charge in [-0.25, -0.2) is 0 Å². The Morgan fingerprint density at radius 2 is 1.57 bits per heavy atom. The van der Waals surface area contributed by atoms with E-state index in [9.17, 15) is 0 Å². The van der Waals surface area contributed by atoms with Crippen LogP contribution >= 0.6 is 8.60 Å². The molecule has 0 aromatic heterocycles. The number of benzene rings is 2. The van der Waals surface area contributed by atoms with Gasteiger partial charge in [-0.15, -0.1) is 0 Å². The molecule has 1 unspecified atom stereocenters. The second-order valence-corrected chi connectivity index (χ2v) is 6.79. The smallest absolute Gasteiger partial charge is 0.313 e. The van der Waals surface area contributed by atoms with Gasteiger partial charge in [-0.3, -0.25) is 0 Å². The molecule has 0 bridgehead atoms. The summed E-state index contributed by atoms with van der Waals surface area (Å²) in [6.07, 6.45) is 2.94. The maximum Gasteiger partial charge on any atom is 0.332 e. The first-order valence-corrected chi connectivity index (χ1v) is 9.28. The lowest BCUT2D eigenvalue weighted by atomic mass is 10.1. The molecule has 2 aromatic rings. The number of hydrogen-bond acceptors (Lipinski definition) is 3. The van der Waals surface area contributed by atoms with Crippen molar-refractivity contribution in [2.24, 2.45) is 0 Å². The van der Waals surface area contributed by atoms with E-state index in [1.54, 1.807) is 0 Å². The zero-order valence-corrected chi connectivity index (χ0v) is 14.4. The average molecular weight is 330 g/mol. The summed E-state index contributed by atoms with van der Waals surface area (Å²) in [7, 11) is -1.27. The van der Waals surface area contributed by atoms with Crippen molar-refractivity contribution in [2.45, 2.75) is 32.3 Å². The molecule has 23 heavy (non-hydrogen) atoms. The first-order valence-electron chi connectivity index (χ1n) is 8.18. The minimum absolute atomic E-state index is 0.168. The molecule has 0 fully saturated rings. The summed E-state index contributed by atoms with van der Waals surface area (Å²) in [6, 6.07) is 18.9. The van der Waals surface area contributed by atoms with E-state index in [0.717, 1.165) is 19.3 Å². The van der Waals surface area contributed by atoms with E-state index in [-0.39, 0.29) is 6.10 Å². The summed E-state index contributed by atoms with van der Waals surface area (Å²) in [5, 5.41) is 0. The highest BCUT2D eigenvalue weighted by Gasteiger charge is 2.26. The van der Waals surface area contributed by atoms with Crippen molar-refractivity contribution >= 4 is 8.60 Å². The molecule has 0 saturated heterocycles. The Balaban J connectivity index is 1.47. The molecule has 1 atom stereocenters. The summed E-state index contributed by atoms with van der Waals surface area (Å²) in [6.45, 7) is 3.20. The van der Waals surface area contributed by atoms with Gasteiger partial charge in [0.2, 0.25) is 0 Å².